The van der Waals surface area contributed by atoms with Crippen LogP contribution in [0, 0.1) is 16.0 Å². The van der Waals surface area contributed by atoms with Crippen LogP contribution in [0.1, 0.15) is 34.1 Å². The maximum Gasteiger partial charge on any atom is 0.325 e. The highest BCUT2D eigenvalue weighted by atomic mass is 32.2. The zero-order valence-electron chi connectivity index (χ0n) is 19.2. The molecule has 0 bridgehead atoms. The number of nitrogens with one attached hydrogen (secondary N) is 1. The van der Waals surface area contributed by atoms with Crippen LogP contribution in [-0.2, 0) is 33.9 Å². The molecule has 33 heavy (non-hydrogen) atoms. The molecule has 12 nitrogen and oxygen atoms in total. The predicted molar refractivity (Wildman–Crippen MR) is 117 cm³/mol. The van der Waals surface area contributed by atoms with E-state index in [4.69, 9.17) is 9.47 Å². The Morgan fingerprint density at radius 1 is 1.18 bits per heavy atom. The van der Waals surface area contributed by atoms with Crippen LogP contribution >= 0.6 is 0 Å². The second-order valence-electron chi connectivity index (χ2n) is 8.06. The molecule has 1 rings (SSSR count). The summed E-state index contributed by atoms with van der Waals surface area (Å²) in [5.41, 5.74) is -1.48. The Kier molecular flexibility index (Phi) is 9.92. The zero-order chi connectivity index (χ0) is 25.4. The maximum atomic E-state index is 12.9. The molecular weight excluding hydrogens is 458 g/mol. The van der Waals surface area contributed by atoms with Crippen LogP contribution in [0.15, 0.2) is 29.2 Å². The molecule has 0 heterocycles. The fourth-order valence-corrected chi connectivity index (χ4v) is 4.00. The Hall–Kier alpha value is -3.06. The first-order valence-electron chi connectivity index (χ1n) is 10.0. The standard InChI is InChI=1S/C20H29N3O9S/c1-6-31-18(25)13-22(5)19(26)14(11-17(24)32-20(2,3)4)12-21-33(29,30)16-10-8-7-9-15(16)23(27)28/h7-10,14,21H,6,11-13H2,1-5H3/t14-/m0/s1. The summed E-state index contributed by atoms with van der Waals surface area (Å²) in [6.45, 7) is 5.64. The fraction of sp³-hybridized carbons (Fsp3) is 0.550. The summed E-state index contributed by atoms with van der Waals surface area (Å²) in [7, 11) is -3.10. The Bertz CT molecular complexity index is 987. The summed E-state index contributed by atoms with van der Waals surface area (Å²) < 4.78 is 37.6. The van der Waals surface area contributed by atoms with Gasteiger partial charge in [-0.25, -0.2) is 13.1 Å². The molecule has 0 fully saturated rings. The third kappa shape index (κ3) is 9.14. The van der Waals surface area contributed by atoms with Gasteiger partial charge in [0.2, 0.25) is 15.9 Å². The summed E-state index contributed by atoms with van der Waals surface area (Å²) in [6.07, 6.45) is -0.483. The number of ether oxygens (including phenoxy) is 2. The Morgan fingerprint density at radius 3 is 2.33 bits per heavy atom. The molecule has 184 valence electrons. The van der Waals surface area contributed by atoms with Crippen molar-refractivity contribution in [1.82, 2.24) is 9.62 Å². The maximum absolute atomic E-state index is 12.9. The van der Waals surface area contributed by atoms with Gasteiger partial charge in [-0.2, -0.15) is 0 Å². The first kappa shape index (κ1) is 28.0. The van der Waals surface area contributed by atoms with Gasteiger partial charge in [-0.15, -0.1) is 0 Å². The van der Waals surface area contributed by atoms with Crippen molar-refractivity contribution >= 4 is 33.6 Å². The number of para-hydroxylation sites is 1. The monoisotopic (exact) mass is 487 g/mol. The average molecular weight is 488 g/mol. The Balaban J connectivity index is 3.11. The van der Waals surface area contributed by atoms with Crippen LogP contribution in [0.5, 0.6) is 0 Å². The SMILES string of the molecule is CCOC(=O)CN(C)C(=O)[C@H](CNS(=O)(=O)c1ccccc1[N+](=O)[O-])CC(=O)OC(C)(C)C. The van der Waals surface area contributed by atoms with Crippen LogP contribution in [0.2, 0.25) is 0 Å². The number of carbonyl (C=O) groups excluding carboxylic acids is 3. The number of nitro groups is 1. The van der Waals surface area contributed by atoms with Crippen LogP contribution in [0.25, 0.3) is 0 Å². The van der Waals surface area contributed by atoms with E-state index in [0.29, 0.717) is 0 Å². The van der Waals surface area contributed by atoms with Gasteiger partial charge < -0.3 is 14.4 Å². The average Bonchev–Trinajstić information content (AvgIpc) is 2.69. The van der Waals surface area contributed by atoms with E-state index < -0.39 is 74.4 Å². The van der Waals surface area contributed by atoms with Crippen molar-refractivity contribution in [2.75, 3.05) is 26.7 Å². The van der Waals surface area contributed by atoms with Gasteiger partial charge in [-0.05, 0) is 33.8 Å². The lowest BCUT2D eigenvalue weighted by atomic mass is 10.0. The van der Waals surface area contributed by atoms with Crippen LogP contribution < -0.4 is 4.72 Å². The van der Waals surface area contributed by atoms with Crippen molar-refractivity contribution < 1.29 is 37.2 Å². The number of carbonyl (C=O) groups is 3. The molecule has 13 heteroatoms. The highest BCUT2D eigenvalue weighted by Gasteiger charge is 2.32. The third-order valence-electron chi connectivity index (χ3n) is 4.10. The number of hydrogen-bond donors (Lipinski definition) is 1. The number of nitrogens with zero attached hydrogens (tertiary/aromatic N) is 2. The minimum atomic E-state index is -4.40. The molecule has 1 aromatic carbocycles. The summed E-state index contributed by atoms with van der Waals surface area (Å²) in [5.74, 6) is -3.38. The van der Waals surface area contributed by atoms with Crippen molar-refractivity contribution in [3.63, 3.8) is 0 Å². The molecule has 0 aromatic heterocycles. The van der Waals surface area contributed by atoms with Gasteiger partial charge in [0.1, 0.15) is 12.1 Å². The van der Waals surface area contributed by atoms with E-state index >= 15 is 0 Å². The normalized spacial score (nSPS) is 12.5. The van der Waals surface area contributed by atoms with Gasteiger partial charge in [0, 0.05) is 19.7 Å². The lowest BCUT2D eigenvalue weighted by Gasteiger charge is -2.25. The topological polar surface area (TPSA) is 162 Å². The smallest absolute Gasteiger partial charge is 0.325 e. The predicted octanol–water partition coefficient (Wildman–Crippen LogP) is 1.24. The highest BCUT2D eigenvalue weighted by Crippen LogP contribution is 2.23. The molecule has 0 unspecified atom stereocenters. The van der Waals surface area contributed by atoms with Gasteiger partial charge in [0.25, 0.3) is 5.69 Å². The van der Waals surface area contributed by atoms with E-state index in [1.165, 1.54) is 19.2 Å². The molecule has 0 aliphatic heterocycles. The van der Waals surface area contributed by atoms with Gasteiger partial charge in [-0.3, -0.25) is 24.5 Å². The van der Waals surface area contributed by atoms with E-state index in [-0.39, 0.29) is 6.61 Å². The van der Waals surface area contributed by atoms with Gasteiger partial charge in [-0.1, -0.05) is 12.1 Å². The molecule has 1 amide bonds. The molecule has 1 N–H and O–H groups in total. The largest absolute Gasteiger partial charge is 0.465 e. The van der Waals surface area contributed by atoms with E-state index in [2.05, 4.69) is 4.72 Å². The van der Waals surface area contributed by atoms with E-state index in [9.17, 15) is 32.9 Å². The molecule has 0 aliphatic rings. The summed E-state index contributed by atoms with van der Waals surface area (Å²) >= 11 is 0. The molecule has 0 saturated heterocycles. The van der Waals surface area contributed by atoms with Crippen molar-refractivity contribution in [2.24, 2.45) is 5.92 Å². The van der Waals surface area contributed by atoms with Crippen LogP contribution in [-0.4, -0.2) is 68.4 Å². The Morgan fingerprint density at radius 2 is 1.79 bits per heavy atom. The molecule has 0 spiro atoms. The number of hydrogen-bond acceptors (Lipinski definition) is 9. The lowest BCUT2D eigenvalue weighted by molar-refractivity contribution is -0.387. The van der Waals surface area contributed by atoms with E-state index in [1.807, 2.05) is 0 Å². The number of nitro benzene ring substituents is 1. The van der Waals surface area contributed by atoms with Gasteiger partial charge >= 0.3 is 11.9 Å². The summed E-state index contributed by atoms with van der Waals surface area (Å²) in [4.78, 5) is 47.7. The number of likely N-dealkylation sites (N-methyl/N-ethyl adjacent to an activating group) is 1. The molecule has 0 radical (unpaired) electrons. The fourth-order valence-electron chi connectivity index (χ4n) is 2.74. The van der Waals surface area contributed by atoms with Crippen LogP contribution in [0.3, 0.4) is 0 Å². The molecule has 0 aliphatic carbocycles. The molecule has 0 saturated carbocycles. The van der Waals surface area contributed by atoms with Gasteiger partial charge in [0.15, 0.2) is 4.90 Å². The van der Waals surface area contributed by atoms with E-state index in [1.54, 1.807) is 27.7 Å². The quantitative estimate of drug-likeness (QED) is 0.275. The number of benzene rings is 1. The Labute approximate surface area is 192 Å². The van der Waals surface area contributed by atoms with Crippen molar-refractivity contribution in [1.29, 1.82) is 0 Å². The first-order chi connectivity index (χ1) is 15.2. The minimum Gasteiger partial charge on any atom is -0.465 e. The first-order valence-corrected chi connectivity index (χ1v) is 11.5. The van der Waals surface area contributed by atoms with Crippen molar-refractivity contribution in [2.45, 2.75) is 44.6 Å². The number of rotatable bonds is 11. The summed E-state index contributed by atoms with van der Waals surface area (Å²) in [5, 5.41) is 11.2. The number of sulfonamides is 1. The molecule has 1 aromatic rings. The van der Waals surface area contributed by atoms with Gasteiger partial charge in [0.05, 0.1) is 23.9 Å². The molecule has 1 atom stereocenters. The third-order valence-corrected chi connectivity index (χ3v) is 5.57. The molecular formula is C20H29N3O9S. The van der Waals surface area contributed by atoms with E-state index in [0.717, 1.165) is 17.0 Å². The highest BCUT2D eigenvalue weighted by molar-refractivity contribution is 7.89. The second kappa shape index (κ2) is 11.7. The zero-order valence-corrected chi connectivity index (χ0v) is 20.0. The lowest BCUT2D eigenvalue weighted by Crippen LogP contribution is -2.43. The summed E-state index contributed by atoms with van der Waals surface area (Å²) in [6, 6.07) is 4.72. The van der Waals surface area contributed by atoms with Crippen LogP contribution in [0.4, 0.5) is 5.69 Å². The number of amides is 1. The van der Waals surface area contributed by atoms with Crippen molar-refractivity contribution in [3.05, 3.63) is 34.4 Å². The number of esters is 2. The van der Waals surface area contributed by atoms with Crippen molar-refractivity contribution in [3.8, 4) is 0 Å². The minimum absolute atomic E-state index is 0.109. The second-order valence-corrected chi connectivity index (χ2v) is 9.80.